The third-order valence-corrected chi connectivity index (χ3v) is 3.50. The highest BCUT2D eigenvalue weighted by Crippen LogP contribution is 2.23. The van der Waals surface area contributed by atoms with Gasteiger partial charge in [0.1, 0.15) is 5.58 Å². The van der Waals surface area contributed by atoms with E-state index < -0.39 is 0 Å². The molecule has 96 valence electrons. The van der Waals surface area contributed by atoms with Crippen LogP contribution in [-0.4, -0.2) is 0 Å². The van der Waals surface area contributed by atoms with E-state index in [1.807, 2.05) is 36.4 Å². The summed E-state index contributed by atoms with van der Waals surface area (Å²) in [6, 6.07) is 13.8. The molecular formula is C17H16O2. The minimum Gasteiger partial charge on any atom is -0.422 e. The van der Waals surface area contributed by atoms with E-state index in [-0.39, 0.29) is 5.63 Å². The van der Waals surface area contributed by atoms with Crippen LogP contribution in [0.2, 0.25) is 0 Å². The maximum absolute atomic E-state index is 12.1. The molecule has 0 saturated carbocycles. The molecule has 0 spiro atoms. The van der Waals surface area contributed by atoms with Gasteiger partial charge in [0.25, 0.3) is 0 Å². The molecule has 2 nitrogen and oxygen atoms in total. The van der Waals surface area contributed by atoms with Gasteiger partial charge in [0.2, 0.25) is 0 Å². The first-order chi connectivity index (χ1) is 9.29. The summed E-state index contributed by atoms with van der Waals surface area (Å²) >= 11 is 0. The average Bonchev–Trinajstić information content (AvgIpc) is 2.45. The standard InChI is InChI=1S/C17H16O2/c1-2-3-6-12-9-10-13-14-7-4-5-8-16(14)19-17(18)15(13)11-12/h4-5,7-11H,2-3,6H2,1H3. The van der Waals surface area contributed by atoms with Crippen molar-refractivity contribution in [1.29, 1.82) is 0 Å². The molecule has 0 atom stereocenters. The normalized spacial score (nSPS) is 11.2. The summed E-state index contributed by atoms with van der Waals surface area (Å²) in [5, 5.41) is 2.67. The highest BCUT2D eigenvalue weighted by atomic mass is 16.4. The number of benzene rings is 2. The van der Waals surface area contributed by atoms with Gasteiger partial charge >= 0.3 is 5.63 Å². The van der Waals surface area contributed by atoms with E-state index in [9.17, 15) is 4.79 Å². The molecule has 0 saturated heterocycles. The van der Waals surface area contributed by atoms with Crippen molar-refractivity contribution in [2.45, 2.75) is 26.2 Å². The van der Waals surface area contributed by atoms with Crippen molar-refractivity contribution in [2.75, 3.05) is 0 Å². The summed E-state index contributed by atoms with van der Waals surface area (Å²) in [4.78, 5) is 12.1. The zero-order valence-electron chi connectivity index (χ0n) is 11.0. The van der Waals surface area contributed by atoms with Crippen molar-refractivity contribution < 1.29 is 4.42 Å². The fraction of sp³-hybridized carbons (Fsp3) is 0.235. The number of hydrogen-bond acceptors (Lipinski definition) is 2. The van der Waals surface area contributed by atoms with Gasteiger partial charge in [-0.1, -0.05) is 43.7 Å². The van der Waals surface area contributed by atoms with Crippen LogP contribution in [0, 0.1) is 0 Å². The fourth-order valence-corrected chi connectivity index (χ4v) is 2.46. The Labute approximate surface area is 111 Å². The molecule has 0 amide bonds. The van der Waals surface area contributed by atoms with Crippen LogP contribution < -0.4 is 5.63 Å². The lowest BCUT2D eigenvalue weighted by Crippen LogP contribution is -2.00. The van der Waals surface area contributed by atoms with E-state index >= 15 is 0 Å². The fourth-order valence-electron chi connectivity index (χ4n) is 2.46. The van der Waals surface area contributed by atoms with Gasteiger partial charge in [-0.2, -0.15) is 0 Å². The monoisotopic (exact) mass is 252 g/mol. The quantitative estimate of drug-likeness (QED) is 0.514. The van der Waals surface area contributed by atoms with Gasteiger partial charge in [-0.3, -0.25) is 0 Å². The molecule has 0 bridgehead atoms. The second kappa shape index (κ2) is 4.88. The van der Waals surface area contributed by atoms with E-state index in [1.165, 1.54) is 5.56 Å². The minimum atomic E-state index is -0.243. The summed E-state index contributed by atoms with van der Waals surface area (Å²) < 4.78 is 5.38. The maximum atomic E-state index is 12.1. The lowest BCUT2D eigenvalue weighted by atomic mass is 10.0. The zero-order chi connectivity index (χ0) is 13.2. The lowest BCUT2D eigenvalue weighted by molar-refractivity contribution is 0.569. The van der Waals surface area contributed by atoms with Gasteiger partial charge in [-0.05, 0) is 35.9 Å². The van der Waals surface area contributed by atoms with Crippen LogP contribution in [0.4, 0.5) is 0 Å². The highest BCUT2D eigenvalue weighted by Gasteiger charge is 2.07. The van der Waals surface area contributed by atoms with Crippen LogP contribution in [0.5, 0.6) is 0 Å². The summed E-state index contributed by atoms with van der Waals surface area (Å²) in [5.74, 6) is 0. The summed E-state index contributed by atoms with van der Waals surface area (Å²) in [5.41, 5.74) is 1.62. The Balaban J connectivity index is 2.26. The van der Waals surface area contributed by atoms with Gasteiger partial charge in [-0.25, -0.2) is 4.79 Å². The van der Waals surface area contributed by atoms with Crippen molar-refractivity contribution in [1.82, 2.24) is 0 Å². The van der Waals surface area contributed by atoms with Gasteiger partial charge in [0, 0.05) is 5.39 Å². The number of rotatable bonds is 3. The predicted molar refractivity (Wildman–Crippen MR) is 78.6 cm³/mol. The Bertz CT molecular complexity index is 784. The number of para-hydroxylation sites is 1. The Kier molecular flexibility index (Phi) is 3.08. The number of fused-ring (bicyclic) bond motifs is 3. The molecule has 2 aromatic carbocycles. The first kappa shape index (κ1) is 12.0. The van der Waals surface area contributed by atoms with Crippen molar-refractivity contribution in [3.05, 3.63) is 58.4 Å². The van der Waals surface area contributed by atoms with Crippen LogP contribution in [0.15, 0.2) is 51.7 Å². The molecule has 0 aliphatic rings. The summed E-state index contributed by atoms with van der Waals surface area (Å²) in [6.07, 6.45) is 3.31. The van der Waals surface area contributed by atoms with E-state index in [0.29, 0.717) is 11.0 Å². The maximum Gasteiger partial charge on any atom is 0.344 e. The molecule has 1 heterocycles. The molecule has 0 aliphatic heterocycles. The molecule has 0 N–H and O–H groups in total. The highest BCUT2D eigenvalue weighted by molar-refractivity contribution is 6.04. The van der Waals surface area contributed by atoms with Gasteiger partial charge in [-0.15, -0.1) is 0 Å². The topological polar surface area (TPSA) is 30.2 Å². The second-order valence-electron chi connectivity index (χ2n) is 4.87. The molecule has 0 fully saturated rings. The SMILES string of the molecule is CCCCc1ccc2c(c1)c(=O)oc1ccccc12. The number of unbranched alkanes of at least 4 members (excludes halogenated alkanes) is 1. The number of hydrogen-bond donors (Lipinski definition) is 0. The molecule has 0 aliphatic carbocycles. The molecular weight excluding hydrogens is 236 g/mol. The van der Waals surface area contributed by atoms with Crippen molar-refractivity contribution in [3.8, 4) is 0 Å². The van der Waals surface area contributed by atoms with E-state index in [4.69, 9.17) is 4.42 Å². The van der Waals surface area contributed by atoms with Crippen LogP contribution in [0.1, 0.15) is 25.3 Å². The lowest BCUT2D eigenvalue weighted by Gasteiger charge is -2.05. The summed E-state index contributed by atoms with van der Waals surface area (Å²) in [6.45, 7) is 2.17. The third-order valence-electron chi connectivity index (χ3n) is 3.50. The molecule has 2 heteroatoms. The van der Waals surface area contributed by atoms with Crippen LogP contribution in [0.3, 0.4) is 0 Å². The zero-order valence-corrected chi connectivity index (χ0v) is 11.0. The third kappa shape index (κ3) is 2.14. The van der Waals surface area contributed by atoms with Crippen molar-refractivity contribution >= 4 is 21.7 Å². The Morgan fingerprint density at radius 3 is 2.68 bits per heavy atom. The first-order valence-electron chi connectivity index (χ1n) is 6.74. The second-order valence-corrected chi connectivity index (χ2v) is 4.87. The molecule has 19 heavy (non-hydrogen) atoms. The summed E-state index contributed by atoms with van der Waals surface area (Å²) in [7, 11) is 0. The van der Waals surface area contributed by atoms with Crippen molar-refractivity contribution in [2.24, 2.45) is 0 Å². The molecule has 0 unspecified atom stereocenters. The molecule has 3 rings (SSSR count). The van der Waals surface area contributed by atoms with E-state index in [2.05, 4.69) is 13.0 Å². The van der Waals surface area contributed by atoms with E-state index in [1.54, 1.807) is 0 Å². The Morgan fingerprint density at radius 1 is 1.00 bits per heavy atom. The van der Waals surface area contributed by atoms with Gasteiger partial charge < -0.3 is 4.42 Å². The van der Waals surface area contributed by atoms with Gasteiger partial charge in [0.15, 0.2) is 0 Å². The Morgan fingerprint density at radius 2 is 1.84 bits per heavy atom. The van der Waals surface area contributed by atoms with Crippen LogP contribution in [0.25, 0.3) is 21.7 Å². The first-order valence-corrected chi connectivity index (χ1v) is 6.74. The van der Waals surface area contributed by atoms with Gasteiger partial charge in [0.05, 0.1) is 5.39 Å². The smallest absolute Gasteiger partial charge is 0.344 e. The van der Waals surface area contributed by atoms with Crippen molar-refractivity contribution in [3.63, 3.8) is 0 Å². The molecule has 1 aromatic heterocycles. The van der Waals surface area contributed by atoms with Crippen LogP contribution >= 0.6 is 0 Å². The number of aryl methyl sites for hydroxylation is 1. The van der Waals surface area contributed by atoms with Crippen LogP contribution in [-0.2, 0) is 6.42 Å². The average molecular weight is 252 g/mol. The predicted octanol–water partition coefficient (Wildman–Crippen LogP) is 4.29. The Hall–Kier alpha value is -2.09. The molecule has 3 aromatic rings. The largest absolute Gasteiger partial charge is 0.422 e. The minimum absolute atomic E-state index is 0.243. The van der Waals surface area contributed by atoms with E-state index in [0.717, 1.165) is 30.0 Å². The molecule has 0 radical (unpaired) electrons.